The fraction of sp³-hybridized carbons (Fsp3) is 0.467. The summed E-state index contributed by atoms with van der Waals surface area (Å²) in [6.45, 7) is 0. The second kappa shape index (κ2) is 4.46. The molecular formula is C15H16N2O4. The molecule has 0 radical (unpaired) electrons. The van der Waals surface area contributed by atoms with E-state index in [4.69, 9.17) is 9.52 Å². The maximum Gasteiger partial charge on any atom is 0.335 e. The van der Waals surface area contributed by atoms with Crippen molar-refractivity contribution >= 4 is 23.1 Å². The number of carbonyl (C=O) groups is 1. The minimum atomic E-state index is -0.976. The summed E-state index contributed by atoms with van der Waals surface area (Å²) in [5.74, 6) is -0.976. The SMILES string of the molecule is O=C(O)c1ccc2nc(N3C4CCC3CC(O)C4)oc2c1. The third kappa shape index (κ3) is 1.98. The first-order chi connectivity index (χ1) is 10.1. The first kappa shape index (κ1) is 12.6. The van der Waals surface area contributed by atoms with Crippen molar-refractivity contribution in [2.24, 2.45) is 0 Å². The number of aromatic carboxylic acids is 1. The molecule has 0 amide bonds. The molecule has 2 unspecified atom stereocenters. The minimum absolute atomic E-state index is 0.197. The number of rotatable bonds is 2. The van der Waals surface area contributed by atoms with Gasteiger partial charge in [-0.25, -0.2) is 4.79 Å². The van der Waals surface area contributed by atoms with Crippen LogP contribution in [0.1, 0.15) is 36.0 Å². The Balaban J connectivity index is 1.73. The number of oxazole rings is 1. The largest absolute Gasteiger partial charge is 0.478 e. The van der Waals surface area contributed by atoms with Crippen LogP contribution < -0.4 is 4.90 Å². The molecule has 2 N–H and O–H groups in total. The highest BCUT2D eigenvalue weighted by Crippen LogP contribution is 2.39. The second-order valence-corrected chi connectivity index (χ2v) is 5.90. The Morgan fingerprint density at radius 1 is 1.29 bits per heavy atom. The molecular weight excluding hydrogens is 272 g/mol. The smallest absolute Gasteiger partial charge is 0.335 e. The highest BCUT2D eigenvalue weighted by Gasteiger charge is 2.42. The predicted octanol–water partition coefficient (Wildman–Crippen LogP) is 2.02. The minimum Gasteiger partial charge on any atom is -0.478 e. The van der Waals surface area contributed by atoms with Gasteiger partial charge in [0.05, 0.1) is 11.7 Å². The average Bonchev–Trinajstić information content (AvgIpc) is 2.96. The molecule has 6 nitrogen and oxygen atoms in total. The highest BCUT2D eigenvalue weighted by molar-refractivity contribution is 5.92. The topological polar surface area (TPSA) is 86.8 Å². The number of benzene rings is 1. The maximum absolute atomic E-state index is 11.0. The van der Waals surface area contributed by atoms with Crippen molar-refractivity contribution in [2.45, 2.75) is 43.9 Å². The van der Waals surface area contributed by atoms with Gasteiger partial charge in [-0.2, -0.15) is 4.98 Å². The van der Waals surface area contributed by atoms with Crippen LogP contribution in [0.4, 0.5) is 6.01 Å². The number of piperidine rings is 1. The van der Waals surface area contributed by atoms with Gasteiger partial charge in [0.2, 0.25) is 0 Å². The van der Waals surface area contributed by atoms with Crippen LogP contribution in [0.25, 0.3) is 11.1 Å². The van der Waals surface area contributed by atoms with Crippen LogP contribution in [0.5, 0.6) is 0 Å². The number of aliphatic hydroxyl groups is 1. The Morgan fingerprint density at radius 3 is 2.67 bits per heavy atom. The second-order valence-electron chi connectivity index (χ2n) is 5.90. The van der Waals surface area contributed by atoms with E-state index >= 15 is 0 Å². The monoisotopic (exact) mass is 288 g/mol. The van der Waals surface area contributed by atoms with E-state index in [1.165, 1.54) is 12.1 Å². The van der Waals surface area contributed by atoms with Crippen molar-refractivity contribution in [3.05, 3.63) is 23.8 Å². The number of aliphatic hydroxyl groups excluding tert-OH is 1. The molecule has 2 aromatic rings. The zero-order chi connectivity index (χ0) is 14.6. The zero-order valence-corrected chi connectivity index (χ0v) is 11.4. The van der Waals surface area contributed by atoms with Crippen molar-refractivity contribution in [1.82, 2.24) is 4.98 Å². The number of hydrogen-bond acceptors (Lipinski definition) is 5. The molecule has 3 heterocycles. The third-order valence-corrected chi connectivity index (χ3v) is 4.55. The number of carboxylic acids is 1. The van der Waals surface area contributed by atoms with E-state index in [-0.39, 0.29) is 23.8 Å². The van der Waals surface area contributed by atoms with Crippen LogP contribution in [0.2, 0.25) is 0 Å². The van der Waals surface area contributed by atoms with Gasteiger partial charge in [0.1, 0.15) is 5.52 Å². The van der Waals surface area contributed by atoms with E-state index in [0.717, 1.165) is 25.7 Å². The molecule has 4 rings (SSSR count). The summed E-state index contributed by atoms with van der Waals surface area (Å²) >= 11 is 0. The van der Waals surface area contributed by atoms with Crippen molar-refractivity contribution < 1.29 is 19.4 Å². The van der Waals surface area contributed by atoms with Crippen LogP contribution in [0.15, 0.2) is 22.6 Å². The van der Waals surface area contributed by atoms with Gasteiger partial charge in [-0.15, -0.1) is 0 Å². The number of aromatic nitrogens is 1. The fourth-order valence-electron chi connectivity index (χ4n) is 3.62. The van der Waals surface area contributed by atoms with Gasteiger partial charge >= 0.3 is 5.97 Å². The summed E-state index contributed by atoms with van der Waals surface area (Å²) in [5, 5.41) is 18.9. The molecule has 1 aromatic carbocycles. The van der Waals surface area contributed by atoms with Crippen molar-refractivity contribution in [3.63, 3.8) is 0 Å². The first-order valence-corrected chi connectivity index (χ1v) is 7.22. The van der Waals surface area contributed by atoms with E-state index in [2.05, 4.69) is 9.88 Å². The molecule has 2 bridgehead atoms. The maximum atomic E-state index is 11.0. The lowest BCUT2D eigenvalue weighted by atomic mass is 10.0. The quantitative estimate of drug-likeness (QED) is 0.879. The van der Waals surface area contributed by atoms with Gasteiger partial charge in [0, 0.05) is 12.1 Å². The van der Waals surface area contributed by atoms with Crippen LogP contribution in [-0.4, -0.2) is 39.4 Å². The molecule has 2 atom stereocenters. The van der Waals surface area contributed by atoms with Gasteiger partial charge in [-0.05, 0) is 43.9 Å². The molecule has 110 valence electrons. The third-order valence-electron chi connectivity index (χ3n) is 4.55. The summed E-state index contributed by atoms with van der Waals surface area (Å²) < 4.78 is 5.78. The van der Waals surface area contributed by atoms with Gasteiger partial charge in [-0.1, -0.05) is 0 Å². The molecule has 21 heavy (non-hydrogen) atoms. The molecule has 0 spiro atoms. The van der Waals surface area contributed by atoms with Crippen molar-refractivity contribution in [1.29, 1.82) is 0 Å². The predicted molar refractivity (Wildman–Crippen MR) is 75.5 cm³/mol. The standard InChI is InChI=1S/C15H16N2O4/c18-11-6-9-2-3-10(7-11)17(9)15-16-12-4-1-8(14(19)20)5-13(12)21-15/h1,4-5,9-11,18H,2-3,6-7H2,(H,19,20). The van der Waals surface area contributed by atoms with E-state index in [1.807, 2.05) is 0 Å². The average molecular weight is 288 g/mol. The fourth-order valence-corrected chi connectivity index (χ4v) is 3.62. The van der Waals surface area contributed by atoms with Gasteiger partial charge in [0.25, 0.3) is 6.01 Å². The van der Waals surface area contributed by atoms with E-state index < -0.39 is 5.97 Å². The number of anilines is 1. The molecule has 0 saturated carbocycles. The lowest BCUT2D eigenvalue weighted by Crippen LogP contribution is -2.44. The summed E-state index contributed by atoms with van der Waals surface area (Å²) in [6.07, 6.45) is 3.34. The Bertz CT molecular complexity index is 697. The van der Waals surface area contributed by atoms with E-state index in [9.17, 15) is 9.90 Å². The highest BCUT2D eigenvalue weighted by atomic mass is 16.4. The number of fused-ring (bicyclic) bond motifs is 3. The van der Waals surface area contributed by atoms with Crippen LogP contribution in [0, 0.1) is 0 Å². The van der Waals surface area contributed by atoms with Crippen molar-refractivity contribution in [3.8, 4) is 0 Å². The lowest BCUT2D eigenvalue weighted by Gasteiger charge is -2.35. The molecule has 0 aliphatic carbocycles. The molecule has 2 aliphatic heterocycles. The van der Waals surface area contributed by atoms with E-state index in [1.54, 1.807) is 6.07 Å². The van der Waals surface area contributed by atoms with Crippen molar-refractivity contribution in [2.75, 3.05) is 4.90 Å². The molecule has 1 aromatic heterocycles. The summed E-state index contributed by atoms with van der Waals surface area (Å²) in [4.78, 5) is 17.7. The number of hydrogen-bond donors (Lipinski definition) is 2. The molecule has 2 fully saturated rings. The lowest BCUT2D eigenvalue weighted by molar-refractivity contribution is 0.0697. The normalized spacial score (nSPS) is 28.2. The van der Waals surface area contributed by atoms with Gasteiger partial charge < -0.3 is 19.5 Å². The molecule has 6 heteroatoms. The summed E-state index contributed by atoms with van der Waals surface area (Å²) in [5.41, 5.74) is 1.36. The van der Waals surface area contributed by atoms with Crippen LogP contribution in [-0.2, 0) is 0 Å². The summed E-state index contributed by atoms with van der Waals surface area (Å²) in [6, 6.07) is 5.80. The van der Waals surface area contributed by atoms with Gasteiger partial charge in [-0.3, -0.25) is 0 Å². The Kier molecular flexibility index (Phi) is 2.68. The van der Waals surface area contributed by atoms with Crippen LogP contribution >= 0.6 is 0 Å². The Labute approximate surface area is 121 Å². The van der Waals surface area contributed by atoms with E-state index in [0.29, 0.717) is 17.1 Å². The zero-order valence-electron chi connectivity index (χ0n) is 11.4. The Hall–Kier alpha value is -2.08. The molecule has 2 saturated heterocycles. The van der Waals surface area contributed by atoms with Crippen LogP contribution in [0.3, 0.4) is 0 Å². The Morgan fingerprint density at radius 2 is 2.00 bits per heavy atom. The summed E-state index contributed by atoms with van der Waals surface area (Å²) in [7, 11) is 0. The first-order valence-electron chi connectivity index (χ1n) is 7.22. The molecule has 2 aliphatic rings. The van der Waals surface area contributed by atoms with Gasteiger partial charge in [0.15, 0.2) is 5.58 Å². The number of carboxylic acid groups (broad SMARTS) is 1. The number of nitrogens with zero attached hydrogens (tertiary/aromatic N) is 2.